The quantitative estimate of drug-likeness (QED) is 0.146. The van der Waals surface area contributed by atoms with Crippen molar-refractivity contribution in [2.24, 2.45) is 0 Å². The van der Waals surface area contributed by atoms with E-state index in [9.17, 15) is 14.4 Å². The Kier molecular flexibility index (Phi) is 19.2. The Hall–Kier alpha value is -1.85. The molecule has 30 heavy (non-hydrogen) atoms. The Morgan fingerprint density at radius 2 is 1.53 bits per heavy atom. The molecular formula is C24H42O6. The number of carboxylic acids is 1. The zero-order chi connectivity index (χ0) is 22.5. The van der Waals surface area contributed by atoms with Crippen LogP contribution < -0.4 is 0 Å². The maximum Gasteiger partial charge on any atom is 0.306 e. The third-order valence-corrected chi connectivity index (χ3v) is 4.85. The van der Waals surface area contributed by atoms with Crippen molar-refractivity contribution in [1.82, 2.24) is 0 Å². The second kappa shape index (κ2) is 20.4. The molecule has 6 nitrogen and oxygen atoms in total. The summed E-state index contributed by atoms with van der Waals surface area (Å²) in [5.74, 6) is -1.60. The molecule has 0 aliphatic rings. The Labute approximate surface area is 182 Å². The maximum atomic E-state index is 11.3. The molecule has 6 heteroatoms. The number of carbonyl (C=O) groups is 3. The largest absolute Gasteiger partial charge is 0.481 e. The fourth-order valence-corrected chi connectivity index (χ4v) is 3.16. The molecule has 0 aliphatic heterocycles. The van der Waals surface area contributed by atoms with Gasteiger partial charge in [0.1, 0.15) is 6.10 Å². The molecule has 0 aromatic rings. The van der Waals surface area contributed by atoms with Crippen LogP contribution in [0.5, 0.6) is 0 Å². The number of rotatable bonds is 20. The first-order chi connectivity index (χ1) is 14.5. The van der Waals surface area contributed by atoms with Gasteiger partial charge in [0.05, 0.1) is 19.4 Å². The van der Waals surface area contributed by atoms with Gasteiger partial charge in [-0.05, 0) is 32.1 Å². The van der Waals surface area contributed by atoms with Gasteiger partial charge in [-0.2, -0.15) is 0 Å². The van der Waals surface area contributed by atoms with Gasteiger partial charge in [-0.1, -0.05) is 64.0 Å². The van der Waals surface area contributed by atoms with E-state index in [1.54, 1.807) is 0 Å². The van der Waals surface area contributed by atoms with Crippen LogP contribution in [-0.2, 0) is 23.9 Å². The lowest BCUT2D eigenvalue weighted by molar-refractivity contribution is -0.147. The summed E-state index contributed by atoms with van der Waals surface area (Å²) in [5.41, 5.74) is 0. The number of hydrogen-bond donors (Lipinski definition) is 1. The van der Waals surface area contributed by atoms with E-state index in [4.69, 9.17) is 14.6 Å². The molecule has 0 rings (SSSR count). The van der Waals surface area contributed by atoms with Gasteiger partial charge in [0.15, 0.2) is 0 Å². The predicted molar refractivity (Wildman–Crippen MR) is 118 cm³/mol. The molecule has 0 aromatic carbocycles. The highest BCUT2D eigenvalue weighted by molar-refractivity contribution is 5.76. The average Bonchev–Trinajstić information content (AvgIpc) is 2.69. The summed E-state index contributed by atoms with van der Waals surface area (Å²) in [5, 5.41) is 8.50. The molecule has 0 aromatic heterocycles. The van der Waals surface area contributed by atoms with Crippen LogP contribution in [0.1, 0.15) is 110 Å². The number of carbonyl (C=O) groups excluding carboxylic acids is 2. The molecule has 0 unspecified atom stereocenters. The molecule has 0 fully saturated rings. The summed E-state index contributed by atoms with van der Waals surface area (Å²) in [6.45, 7) is 4.05. The summed E-state index contributed by atoms with van der Waals surface area (Å²) in [7, 11) is 0. The van der Waals surface area contributed by atoms with E-state index in [0.29, 0.717) is 6.61 Å². The molecule has 1 N–H and O–H groups in total. The number of esters is 2. The van der Waals surface area contributed by atoms with Crippen molar-refractivity contribution >= 4 is 17.9 Å². The average molecular weight is 427 g/mol. The van der Waals surface area contributed by atoms with Gasteiger partial charge in [0.25, 0.3) is 0 Å². The molecule has 0 aliphatic carbocycles. The van der Waals surface area contributed by atoms with Crippen molar-refractivity contribution in [3.63, 3.8) is 0 Å². The number of aliphatic carboxylic acids is 1. The molecule has 0 saturated carbocycles. The van der Waals surface area contributed by atoms with E-state index in [2.05, 4.69) is 19.1 Å². The standard InChI is InChI=1S/C24H42O6/c1-3-4-5-13-16-22(30-21(2)25)17-14-11-9-7-6-8-10-12-15-20-29-24(28)19-18-23(26)27/h11,14,22H,3-10,12-13,15-20H2,1-2H3,(H,26,27)/b14-11-/t22-/m0/s1. The van der Waals surface area contributed by atoms with Gasteiger partial charge in [0.2, 0.25) is 0 Å². The summed E-state index contributed by atoms with van der Waals surface area (Å²) in [4.78, 5) is 32.9. The SMILES string of the molecule is CCCCCC[C@@H](C/C=C\CCCCCCCCOC(=O)CCC(=O)O)OC(C)=O. The van der Waals surface area contributed by atoms with Crippen LogP contribution in [0.25, 0.3) is 0 Å². The van der Waals surface area contributed by atoms with Gasteiger partial charge in [-0.25, -0.2) is 0 Å². The van der Waals surface area contributed by atoms with Crippen LogP contribution in [0.3, 0.4) is 0 Å². The summed E-state index contributed by atoms with van der Waals surface area (Å²) >= 11 is 0. The summed E-state index contributed by atoms with van der Waals surface area (Å²) in [6.07, 6.45) is 18.1. The van der Waals surface area contributed by atoms with E-state index in [1.807, 2.05) is 0 Å². The van der Waals surface area contributed by atoms with E-state index in [-0.39, 0.29) is 24.9 Å². The molecule has 0 amide bonds. The summed E-state index contributed by atoms with van der Waals surface area (Å²) < 4.78 is 10.4. The van der Waals surface area contributed by atoms with E-state index in [1.165, 1.54) is 32.6 Å². The van der Waals surface area contributed by atoms with Gasteiger partial charge in [-0.3, -0.25) is 14.4 Å². The van der Waals surface area contributed by atoms with E-state index >= 15 is 0 Å². The first-order valence-electron chi connectivity index (χ1n) is 11.6. The highest BCUT2D eigenvalue weighted by Gasteiger charge is 2.09. The van der Waals surface area contributed by atoms with E-state index < -0.39 is 11.9 Å². The van der Waals surface area contributed by atoms with Crippen molar-refractivity contribution in [3.05, 3.63) is 12.2 Å². The van der Waals surface area contributed by atoms with Crippen LogP contribution in [-0.4, -0.2) is 35.7 Å². The Morgan fingerprint density at radius 3 is 2.20 bits per heavy atom. The minimum Gasteiger partial charge on any atom is -0.481 e. The molecule has 0 heterocycles. The maximum absolute atomic E-state index is 11.3. The fourth-order valence-electron chi connectivity index (χ4n) is 3.16. The highest BCUT2D eigenvalue weighted by atomic mass is 16.5. The lowest BCUT2D eigenvalue weighted by Crippen LogP contribution is -2.15. The second-order valence-corrected chi connectivity index (χ2v) is 7.81. The van der Waals surface area contributed by atoms with Gasteiger partial charge < -0.3 is 14.6 Å². The number of carboxylic acid groups (broad SMARTS) is 1. The first-order valence-corrected chi connectivity index (χ1v) is 11.6. The van der Waals surface area contributed by atoms with Crippen LogP contribution in [0.2, 0.25) is 0 Å². The number of ether oxygens (including phenoxy) is 2. The number of hydrogen-bond acceptors (Lipinski definition) is 5. The fraction of sp³-hybridized carbons (Fsp3) is 0.792. The normalized spacial score (nSPS) is 12.1. The van der Waals surface area contributed by atoms with Crippen molar-refractivity contribution < 1.29 is 29.0 Å². The highest BCUT2D eigenvalue weighted by Crippen LogP contribution is 2.13. The van der Waals surface area contributed by atoms with Gasteiger partial charge in [0, 0.05) is 13.3 Å². The molecular weight excluding hydrogens is 384 g/mol. The first kappa shape index (κ1) is 28.1. The Morgan fingerprint density at radius 1 is 0.867 bits per heavy atom. The molecule has 0 bridgehead atoms. The molecule has 0 radical (unpaired) electrons. The minimum absolute atomic E-state index is 0.00818. The smallest absolute Gasteiger partial charge is 0.306 e. The van der Waals surface area contributed by atoms with Gasteiger partial charge in [-0.15, -0.1) is 0 Å². The third-order valence-electron chi connectivity index (χ3n) is 4.85. The van der Waals surface area contributed by atoms with Crippen molar-refractivity contribution in [3.8, 4) is 0 Å². The molecule has 0 saturated heterocycles. The molecule has 0 spiro atoms. The lowest BCUT2D eigenvalue weighted by atomic mass is 10.1. The van der Waals surface area contributed by atoms with Crippen molar-refractivity contribution in [2.75, 3.05) is 6.61 Å². The van der Waals surface area contributed by atoms with Gasteiger partial charge >= 0.3 is 17.9 Å². The topological polar surface area (TPSA) is 89.9 Å². The van der Waals surface area contributed by atoms with Crippen LogP contribution in [0, 0.1) is 0 Å². The number of unbranched alkanes of at least 4 members (excludes halogenated alkanes) is 9. The lowest BCUT2D eigenvalue weighted by Gasteiger charge is -2.15. The van der Waals surface area contributed by atoms with Crippen molar-refractivity contribution in [2.45, 2.75) is 116 Å². The third kappa shape index (κ3) is 20.9. The summed E-state index contributed by atoms with van der Waals surface area (Å²) in [6, 6.07) is 0. The van der Waals surface area contributed by atoms with Crippen LogP contribution in [0.15, 0.2) is 12.2 Å². The monoisotopic (exact) mass is 426 g/mol. The second-order valence-electron chi connectivity index (χ2n) is 7.81. The zero-order valence-corrected chi connectivity index (χ0v) is 19.0. The van der Waals surface area contributed by atoms with Crippen LogP contribution >= 0.6 is 0 Å². The minimum atomic E-state index is -0.978. The molecule has 1 atom stereocenters. The Balaban J connectivity index is 3.60. The predicted octanol–water partition coefficient (Wildman–Crippen LogP) is 5.97. The van der Waals surface area contributed by atoms with Crippen molar-refractivity contribution in [1.29, 1.82) is 0 Å². The van der Waals surface area contributed by atoms with Crippen LogP contribution in [0.4, 0.5) is 0 Å². The number of allylic oxidation sites excluding steroid dienone is 1. The zero-order valence-electron chi connectivity index (χ0n) is 19.0. The van der Waals surface area contributed by atoms with E-state index in [0.717, 1.165) is 57.8 Å². The Bertz CT molecular complexity index is 486. The molecule has 174 valence electrons.